The van der Waals surface area contributed by atoms with Gasteiger partial charge in [0.15, 0.2) is 0 Å². The lowest BCUT2D eigenvalue weighted by molar-refractivity contribution is -0.284. The van der Waals surface area contributed by atoms with Crippen LogP contribution in [0.5, 0.6) is 5.75 Å². The number of hydrogen-bond donors (Lipinski definition) is 3. The number of fused-ring (bicyclic) bond motifs is 5. The van der Waals surface area contributed by atoms with Gasteiger partial charge in [-0.25, -0.2) is 0 Å². The first kappa shape index (κ1) is 35.0. The van der Waals surface area contributed by atoms with E-state index in [0.717, 1.165) is 77.0 Å². The van der Waals surface area contributed by atoms with Crippen LogP contribution in [0.25, 0.3) is 0 Å². The van der Waals surface area contributed by atoms with Crippen molar-refractivity contribution in [1.29, 1.82) is 0 Å². The summed E-state index contributed by atoms with van der Waals surface area (Å²) >= 11 is 0. The molecule has 44 heavy (non-hydrogen) atoms. The van der Waals surface area contributed by atoms with E-state index < -0.39 is 30.4 Å². The maximum Gasteiger partial charge on any atom is 0.453 e. The van der Waals surface area contributed by atoms with Crippen LogP contribution in [0.4, 0.5) is 22.0 Å². The largest absolute Gasteiger partial charge is 0.508 e. The fourth-order valence-electron chi connectivity index (χ4n) is 9.08. The van der Waals surface area contributed by atoms with E-state index in [1.165, 1.54) is 11.1 Å². The van der Waals surface area contributed by atoms with Gasteiger partial charge in [0.25, 0.3) is 0 Å². The number of alkyl halides is 5. The first-order valence-corrected chi connectivity index (χ1v) is 16.9. The summed E-state index contributed by atoms with van der Waals surface area (Å²) in [5.74, 6) is -3.76. The number of unbranched alkanes of at least 4 members (excludes halogenated alkanes) is 7. The van der Waals surface area contributed by atoms with Gasteiger partial charge in [-0.2, -0.15) is 22.0 Å². The Labute approximate surface area is 258 Å². The average molecular weight is 631 g/mol. The van der Waals surface area contributed by atoms with Gasteiger partial charge in [0.1, 0.15) is 5.75 Å². The number of phenols is 1. The fourth-order valence-corrected chi connectivity index (χ4v) is 9.08. The van der Waals surface area contributed by atoms with Gasteiger partial charge in [0, 0.05) is 6.42 Å². The Balaban J connectivity index is 1.17. The number of carbonyl (C=O) groups is 1. The van der Waals surface area contributed by atoms with E-state index in [-0.39, 0.29) is 24.4 Å². The Kier molecular flexibility index (Phi) is 11.7. The molecule has 0 saturated heterocycles. The maximum absolute atomic E-state index is 13.0. The Bertz CT molecular complexity index is 1090. The normalized spacial score (nSPS) is 29.1. The van der Waals surface area contributed by atoms with Crippen LogP contribution >= 0.6 is 0 Å². The number of phenolic OH excluding ortho intramolecular Hbond substituents is 1. The van der Waals surface area contributed by atoms with Gasteiger partial charge < -0.3 is 15.3 Å². The standard InChI is InChI=1S/C35H51F5O4/c1-33-22-25(31-27-17-15-26(41)21-24(27)14-16-28(31)29(33)18-19-30(33)42)13-8-5-3-2-4-7-11-23(32(43)44)12-9-6-10-20-34(36,37)35(38,39)40/h15,17,21,23,25,28-31,41-42H,2-14,16,18-20,22H2,1H3,(H,43,44)/t23?,25-,28-,29-,30-,31+,33-/m0/s1. The summed E-state index contributed by atoms with van der Waals surface area (Å²) in [5.41, 5.74) is 2.66. The molecule has 7 atom stereocenters. The van der Waals surface area contributed by atoms with E-state index in [0.29, 0.717) is 48.7 Å². The zero-order valence-electron chi connectivity index (χ0n) is 26.1. The number of rotatable bonds is 16. The average Bonchev–Trinajstić information content (AvgIpc) is 3.25. The molecule has 4 rings (SSSR count). The molecule has 0 spiro atoms. The molecule has 3 aliphatic carbocycles. The second-order valence-electron chi connectivity index (χ2n) is 14.3. The summed E-state index contributed by atoms with van der Waals surface area (Å²) in [5, 5.41) is 30.6. The number of aryl methyl sites for hydroxylation is 1. The monoisotopic (exact) mass is 630 g/mol. The Morgan fingerprint density at radius 3 is 2.23 bits per heavy atom. The number of carboxylic acid groups (broad SMARTS) is 1. The summed E-state index contributed by atoms with van der Waals surface area (Å²) < 4.78 is 62.9. The lowest BCUT2D eigenvalue weighted by atomic mass is 9.51. The van der Waals surface area contributed by atoms with E-state index in [2.05, 4.69) is 13.0 Å². The van der Waals surface area contributed by atoms with Gasteiger partial charge in [-0.05, 0) is 110 Å². The summed E-state index contributed by atoms with van der Waals surface area (Å²) in [6.45, 7) is 2.31. The van der Waals surface area contributed by atoms with Crippen molar-refractivity contribution in [3.05, 3.63) is 29.3 Å². The highest BCUT2D eigenvalue weighted by atomic mass is 19.4. The summed E-state index contributed by atoms with van der Waals surface area (Å²) in [6.07, 6.45) is 6.21. The van der Waals surface area contributed by atoms with Crippen LogP contribution in [0.2, 0.25) is 0 Å². The highest BCUT2D eigenvalue weighted by Gasteiger charge is 2.58. The number of halogens is 5. The Morgan fingerprint density at radius 2 is 1.57 bits per heavy atom. The number of aliphatic hydroxyl groups excluding tert-OH is 1. The maximum atomic E-state index is 13.0. The van der Waals surface area contributed by atoms with Gasteiger partial charge in [0.2, 0.25) is 0 Å². The molecule has 4 nitrogen and oxygen atoms in total. The van der Waals surface area contributed by atoms with Gasteiger partial charge in [-0.3, -0.25) is 4.79 Å². The molecule has 3 N–H and O–H groups in total. The van der Waals surface area contributed by atoms with Crippen molar-refractivity contribution in [2.24, 2.45) is 29.1 Å². The van der Waals surface area contributed by atoms with Gasteiger partial charge in [-0.1, -0.05) is 64.4 Å². The minimum atomic E-state index is -5.54. The van der Waals surface area contributed by atoms with Crippen molar-refractivity contribution in [3.63, 3.8) is 0 Å². The van der Waals surface area contributed by atoms with E-state index in [1.807, 2.05) is 12.1 Å². The van der Waals surface area contributed by atoms with Crippen LogP contribution in [0, 0.1) is 29.1 Å². The van der Waals surface area contributed by atoms with Crippen molar-refractivity contribution in [1.82, 2.24) is 0 Å². The van der Waals surface area contributed by atoms with Crippen molar-refractivity contribution in [2.75, 3.05) is 0 Å². The number of aliphatic carboxylic acids is 1. The number of aliphatic hydroxyl groups is 1. The molecule has 0 aliphatic heterocycles. The zero-order valence-corrected chi connectivity index (χ0v) is 26.1. The minimum absolute atomic E-state index is 0.0188. The molecule has 1 aromatic rings. The highest BCUT2D eigenvalue weighted by Crippen LogP contribution is 2.63. The molecule has 1 unspecified atom stereocenters. The third-order valence-electron chi connectivity index (χ3n) is 11.5. The second kappa shape index (κ2) is 14.7. The zero-order chi connectivity index (χ0) is 32.1. The second-order valence-corrected chi connectivity index (χ2v) is 14.3. The smallest absolute Gasteiger partial charge is 0.453 e. The summed E-state index contributed by atoms with van der Waals surface area (Å²) in [7, 11) is 0. The Morgan fingerprint density at radius 1 is 0.932 bits per heavy atom. The molecule has 0 bridgehead atoms. The minimum Gasteiger partial charge on any atom is -0.508 e. The van der Waals surface area contributed by atoms with Crippen molar-refractivity contribution in [2.45, 2.75) is 147 Å². The number of carboxylic acids is 1. The van der Waals surface area contributed by atoms with Crippen LogP contribution < -0.4 is 0 Å². The third-order valence-corrected chi connectivity index (χ3v) is 11.5. The van der Waals surface area contributed by atoms with Crippen LogP contribution in [-0.4, -0.2) is 39.5 Å². The van der Waals surface area contributed by atoms with Crippen LogP contribution in [-0.2, 0) is 11.2 Å². The number of hydrogen-bond acceptors (Lipinski definition) is 3. The quantitative estimate of drug-likeness (QED) is 0.126. The predicted octanol–water partition coefficient (Wildman–Crippen LogP) is 9.80. The van der Waals surface area contributed by atoms with E-state index in [4.69, 9.17) is 0 Å². The van der Waals surface area contributed by atoms with Gasteiger partial charge in [-0.15, -0.1) is 0 Å². The van der Waals surface area contributed by atoms with E-state index in [1.54, 1.807) is 0 Å². The van der Waals surface area contributed by atoms with Crippen LogP contribution in [0.1, 0.15) is 133 Å². The third kappa shape index (κ3) is 8.08. The fraction of sp³-hybridized carbons (Fsp3) is 0.800. The van der Waals surface area contributed by atoms with Crippen LogP contribution in [0.15, 0.2) is 18.2 Å². The first-order valence-electron chi connectivity index (χ1n) is 16.9. The van der Waals surface area contributed by atoms with Crippen molar-refractivity contribution >= 4 is 5.97 Å². The SMILES string of the molecule is C[C@]12C[C@H](CCCCCCCCC(CCCCCC(F)(F)C(F)(F)F)C(=O)O)[C@@H]3c4ccc(O)cc4CC[C@H]3[C@@H]1CC[C@@H]2O. The molecule has 3 aliphatic rings. The summed E-state index contributed by atoms with van der Waals surface area (Å²) in [6, 6.07) is 5.90. The molecule has 0 amide bonds. The van der Waals surface area contributed by atoms with Crippen molar-refractivity contribution in [3.8, 4) is 5.75 Å². The highest BCUT2D eigenvalue weighted by molar-refractivity contribution is 5.69. The lowest BCUT2D eigenvalue weighted by Gasteiger charge is -2.54. The van der Waals surface area contributed by atoms with Crippen LogP contribution in [0.3, 0.4) is 0 Å². The topological polar surface area (TPSA) is 77.8 Å². The Hall–Kier alpha value is -1.90. The molecule has 2 fully saturated rings. The molecule has 0 heterocycles. The van der Waals surface area contributed by atoms with E-state index >= 15 is 0 Å². The molecule has 0 radical (unpaired) electrons. The molecular weight excluding hydrogens is 579 g/mol. The molecule has 9 heteroatoms. The number of benzene rings is 1. The molecule has 250 valence electrons. The van der Waals surface area contributed by atoms with Gasteiger partial charge in [0.05, 0.1) is 12.0 Å². The van der Waals surface area contributed by atoms with E-state index in [9.17, 15) is 42.1 Å². The summed E-state index contributed by atoms with van der Waals surface area (Å²) in [4.78, 5) is 11.6. The van der Waals surface area contributed by atoms with Gasteiger partial charge >= 0.3 is 18.1 Å². The lowest BCUT2D eigenvalue weighted by Crippen LogP contribution is -2.47. The number of aromatic hydroxyl groups is 1. The molecule has 0 aromatic heterocycles. The van der Waals surface area contributed by atoms with Crippen molar-refractivity contribution < 1.29 is 42.1 Å². The molecule has 2 saturated carbocycles. The predicted molar refractivity (Wildman–Crippen MR) is 160 cm³/mol. The first-order chi connectivity index (χ1) is 20.7. The molecule has 1 aromatic carbocycles. The molecular formula is C35H51F5O4.